The summed E-state index contributed by atoms with van der Waals surface area (Å²) in [6.07, 6.45) is 4.36. The molecule has 1 fully saturated rings. The van der Waals surface area contributed by atoms with Gasteiger partial charge in [0.1, 0.15) is 5.01 Å². The van der Waals surface area contributed by atoms with Crippen molar-refractivity contribution in [2.24, 2.45) is 0 Å². The standard InChI is InChI=1S/C14H17N3S/c1-2-13(10-15-7-1)17-12-5-3-11(4-6-12)14-16-8-9-18-14/h3-6,8-9,13,15,17H,1-2,7,10H2. The molecule has 3 nitrogen and oxygen atoms in total. The summed E-state index contributed by atoms with van der Waals surface area (Å²) in [5, 5.41) is 10.1. The van der Waals surface area contributed by atoms with Crippen molar-refractivity contribution in [1.82, 2.24) is 10.3 Å². The third-order valence-corrected chi connectivity index (χ3v) is 4.05. The third-order valence-electron chi connectivity index (χ3n) is 3.23. The Balaban J connectivity index is 1.67. The van der Waals surface area contributed by atoms with E-state index in [1.165, 1.54) is 24.1 Å². The lowest BCUT2D eigenvalue weighted by atomic mass is 10.1. The molecule has 1 aliphatic rings. The molecule has 0 saturated carbocycles. The van der Waals surface area contributed by atoms with Crippen LogP contribution in [0.2, 0.25) is 0 Å². The molecule has 0 radical (unpaired) electrons. The van der Waals surface area contributed by atoms with Crippen molar-refractivity contribution in [3.63, 3.8) is 0 Å². The fraction of sp³-hybridized carbons (Fsp3) is 0.357. The van der Waals surface area contributed by atoms with E-state index in [9.17, 15) is 0 Å². The van der Waals surface area contributed by atoms with E-state index < -0.39 is 0 Å². The Bertz CT molecular complexity index is 472. The Kier molecular flexibility index (Phi) is 3.57. The van der Waals surface area contributed by atoms with Gasteiger partial charge in [0.15, 0.2) is 0 Å². The van der Waals surface area contributed by atoms with Gasteiger partial charge < -0.3 is 10.6 Å². The lowest BCUT2D eigenvalue weighted by molar-refractivity contribution is 0.480. The Morgan fingerprint density at radius 3 is 2.83 bits per heavy atom. The van der Waals surface area contributed by atoms with Crippen LogP contribution in [0.1, 0.15) is 12.8 Å². The molecular formula is C14H17N3S. The average Bonchev–Trinajstić information content (AvgIpc) is 2.95. The van der Waals surface area contributed by atoms with E-state index in [1.807, 2.05) is 11.6 Å². The average molecular weight is 259 g/mol. The molecular weight excluding hydrogens is 242 g/mol. The zero-order valence-corrected chi connectivity index (χ0v) is 11.0. The van der Waals surface area contributed by atoms with Gasteiger partial charge in [0, 0.05) is 35.4 Å². The van der Waals surface area contributed by atoms with E-state index in [0.29, 0.717) is 6.04 Å². The van der Waals surface area contributed by atoms with Crippen LogP contribution in [0, 0.1) is 0 Å². The number of hydrogen-bond acceptors (Lipinski definition) is 4. The minimum Gasteiger partial charge on any atom is -0.381 e. The highest BCUT2D eigenvalue weighted by Gasteiger charge is 2.12. The molecule has 94 valence electrons. The molecule has 1 aromatic carbocycles. The molecule has 4 heteroatoms. The van der Waals surface area contributed by atoms with Crippen molar-refractivity contribution in [2.45, 2.75) is 18.9 Å². The molecule has 0 spiro atoms. The van der Waals surface area contributed by atoms with Crippen molar-refractivity contribution in [3.8, 4) is 10.6 Å². The normalized spacial score (nSPS) is 19.7. The van der Waals surface area contributed by atoms with Crippen LogP contribution in [-0.4, -0.2) is 24.1 Å². The van der Waals surface area contributed by atoms with Crippen LogP contribution in [0.3, 0.4) is 0 Å². The van der Waals surface area contributed by atoms with Crippen LogP contribution in [0.15, 0.2) is 35.8 Å². The van der Waals surface area contributed by atoms with E-state index in [-0.39, 0.29) is 0 Å². The van der Waals surface area contributed by atoms with Crippen molar-refractivity contribution in [1.29, 1.82) is 0 Å². The number of aromatic nitrogens is 1. The number of hydrogen-bond donors (Lipinski definition) is 2. The maximum atomic E-state index is 4.32. The summed E-state index contributed by atoms with van der Waals surface area (Å²) in [5.74, 6) is 0. The first-order valence-corrected chi connectivity index (χ1v) is 7.27. The van der Waals surface area contributed by atoms with Crippen molar-refractivity contribution in [2.75, 3.05) is 18.4 Å². The fourth-order valence-corrected chi connectivity index (χ4v) is 2.93. The van der Waals surface area contributed by atoms with Crippen LogP contribution in [0.5, 0.6) is 0 Å². The predicted molar refractivity (Wildman–Crippen MR) is 77.1 cm³/mol. The minimum absolute atomic E-state index is 0.560. The van der Waals surface area contributed by atoms with Gasteiger partial charge in [0.25, 0.3) is 0 Å². The number of piperidine rings is 1. The molecule has 0 aliphatic carbocycles. The predicted octanol–water partition coefficient (Wildman–Crippen LogP) is 2.97. The first-order valence-electron chi connectivity index (χ1n) is 6.39. The van der Waals surface area contributed by atoms with Gasteiger partial charge in [0.2, 0.25) is 0 Å². The maximum Gasteiger partial charge on any atom is 0.123 e. The number of nitrogens with zero attached hydrogens (tertiary/aromatic N) is 1. The van der Waals surface area contributed by atoms with Crippen molar-refractivity contribution >= 4 is 17.0 Å². The zero-order chi connectivity index (χ0) is 12.2. The number of anilines is 1. The summed E-state index contributed by atoms with van der Waals surface area (Å²) in [6.45, 7) is 2.22. The Morgan fingerprint density at radius 2 is 2.17 bits per heavy atom. The fourth-order valence-electron chi connectivity index (χ4n) is 2.29. The summed E-state index contributed by atoms with van der Waals surface area (Å²) in [7, 11) is 0. The Labute approximate surface area is 111 Å². The molecule has 18 heavy (non-hydrogen) atoms. The first-order chi connectivity index (χ1) is 8.92. The highest BCUT2D eigenvalue weighted by atomic mass is 32.1. The van der Waals surface area contributed by atoms with Gasteiger partial charge in [-0.15, -0.1) is 11.3 Å². The summed E-state index contributed by atoms with van der Waals surface area (Å²) in [5.41, 5.74) is 2.39. The van der Waals surface area contributed by atoms with Gasteiger partial charge >= 0.3 is 0 Å². The SMILES string of the molecule is c1csc(-c2ccc(NC3CCCNC3)cc2)n1. The highest BCUT2D eigenvalue weighted by Crippen LogP contribution is 2.23. The summed E-state index contributed by atoms with van der Waals surface area (Å²) >= 11 is 1.68. The van der Waals surface area contributed by atoms with Crippen LogP contribution < -0.4 is 10.6 Å². The summed E-state index contributed by atoms with van der Waals surface area (Å²) in [6, 6.07) is 9.12. The molecule has 2 heterocycles. The smallest absolute Gasteiger partial charge is 0.123 e. The topological polar surface area (TPSA) is 37.0 Å². The maximum absolute atomic E-state index is 4.32. The van der Waals surface area contributed by atoms with Crippen molar-refractivity contribution in [3.05, 3.63) is 35.8 Å². The minimum atomic E-state index is 0.560. The van der Waals surface area contributed by atoms with Crippen LogP contribution in [0.25, 0.3) is 10.6 Å². The van der Waals surface area contributed by atoms with E-state index in [0.717, 1.165) is 18.1 Å². The second-order valence-corrected chi connectivity index (χ2v) is 5.50. The first kappa shape index (κ1) is 11.7. The van der Waals surface area contributed by atoms with E-state index in [1.54, 1.807) is 11.3 Å². The molecule has 2 aromatic rings. The van der Waals surface area contributed by atoms with Crippen LogP contribution in [0.4, 0.5) is 5.69 Å². The number of rotatable bonds is 3. The molecule has 1 aromatic heterocycles. The van der Waals surface area contributed by atoms with Gasteiger partial charge in [-0.05, 0) is 43.7 Å². The molecule has 1 unspecified atom stereocenters. The zero-order valence-electron chi connectivity index (χ0n) is 10.2. The van der Waals surface area contributed by atoms with Gasteiger partial charge in [-0.3, -0.25) is 0 Å². The van der Waals surface area contributed by atoms with E-state index in [2.05, 4.69) is 39.9 Å². The van der Waals surface area contributed by atoms with E-state index >= 15 is 0 Å². The summed E-state index contributed by atoms with van der Waals surface area (Å²) in [4.78, 5) is 4.32. The number of benzene rings is 1. The molecule has 1 aliphatic heterocycles. The molecule has 0 bridgehead atoms. The quantitative estimate of drug-likeness (QED) is 0.890. The van der Waals surface area contributed by atoms with Gasteiger partial charge in [0.05, 0.1) is 0 Å². The monoisotopic (exact) mass is 259 g/mol. The Hall–Kier alpha value is -1.39. The second-order valence-electron chi connectivity index (χ2n) is 4.60. The van der Waals surface area contributed by atoms with Crippen LogP contribution >= 0.6 is 11.3 Å². The lowest BCUT2D eigenvalue weighted by Crippen LogP contribution is -2.38. The highest BCUT2D eigenvalue weighted by molar-refractivity contribution is 7.13. The molecule has 1 atom stereocenters. The van der Waals surface area contributed by atoms with E-state index in [4.69, 9.17) is 0 Å². The second kappa shape index (κ2) is 5.50. The lowest BCUT2D eigenvalue weighted by Gasteiger charge is -2.24. The number of thiazole rings is 1. The van der Waals surface area contributed by atoms with Crippen LogP contribution in [-0.2, 0) is 0 Å². The van der Waals surface area contributed by atoms with Gasteiger partial charge in [-0.1, -0.05) is 0 Å². The molecule has 2 N–H and O–H groups in total. The number of nitrogens with one attached hydrogen (secondary N) is 2. The third kappa shape index (κ3) is 2.71. The Morgan fingerprint density at radius 1 is 1.28 bits per heavy atom. The van der Waals surface area contributed by atoms with Gasteiger partial charge in [-0.25, -0.2) is 4.98 Å². The molecule has 0 amide bonds. The molecule has 3 rings (SSSR count). The van der Waals surface area contributed by atoms with Gasteiger partial charge in [-0.2, -0.15) is 0 Å². The van der Waals surface area contributed by atoms with Crippen molar-refractivity contribution < 1.29 is 0 Å². The largest absolute Gasteiger partial charge is 0.381 e. The summed E-state index contributed by atoms with van der Waals surface area (Å²) < 4.78 is 0. The molecule has 1 saturated heterocycles.